The van der Waals surface area contributed by atoms with Crippen LogP contribution in [0.5, 0.6) is 11.5 Å². The second kappa shape index (κ2) is 5.85. The van der Waals surface area contributed by atoms with E-state index in [4.69, 9.17) is 19.9 Å². The lowest BCUT2D eigenvalue weighted by atomic mass is 9.90. The first-order valence-electron chi connectivity index (χ1n) is 7.86. The van der Waals surface area contributed by atoms with Gasteiger partial charge in [0.25, 0.3) is 0 Å². The van der Waals surface area contributed by atoms with Crippen molar-refractivity contribution in [3.63, 3.8) is 0 Å². The number of rotatable bonds is 3. The highest BCUT2D eigenvalue weighted by Gasteiger charge is 2.32. The minimum absolute atomic E-state index is 0.0273. The van der Waals surface area contributed by atoms with Gasteiger partial charge in [-0.3, -0.25) is 0 Å². The molecule has 2 N–H and O–H groups in total. The predicted molar refractivity (Wildman–Crippen MR) is 81.8 cm³/mol. The van der Waals surface area contributed by atoms with Crippen LogP contribution in [0.2, 0.25) is 0 Å². The van der Waals surface area contributed by atoms with E-state index in [1.165, 1.54) is 6.42 Å². The zero-order chi connectivity index (χ0) is 14.9. The molecule has 1 fully saturated rings. The van der Waals surface area contributed by atoms with E-state index in [2.05, 4.69) is 13.8 Å². The molecule has 2 atom stereocenters. The molecule has 4 nitrogen and oxygen atoms in total. The van der Waals surface area contributed by atoms with Gasteiger partial charge in [-0.1, -0.05) is 6.07 Å². The van der Waals surface area contributed by atoms with Gasteiger partial charge in [0.1, 0.15) is 23.7 Å². The Bertz CT molecular complexity index is 495. The zero-order valence-electron chi connectivity index (χ0n) is 12.9. The molecule has 21 heavy (non-hydrogen) atoms. The van der Waals surface area contributed by atoms with E-state index in [-0.39, 0.29) is 17.7 Å². The highest BCUT2D eigenvalue weighted by atomic mass is 16.5. The van der Waals surface area contributed by atoms with Gasteiger partial charge in [-0.05, 0) is 39.2 Å². The second-order valence-corrected chi connectivity index (χ2v) is 6.67. The van der Waals surface area contributed by atoms with E-state index in [1.54, 1.807) is 0 Å². The summed E-state index contributed by atoms with van der Waals surface area (Å²) in [5.74, 6) is 1.67. The molecule has 2 heterocycles. The molecular weight excluding hydrogens is 266 g/mol. The van der Waals surface area contributed by atoms with Crippen molar-refractivity contribution in [3.8, 4) is 11.5 Å². The Hall–Kier alpha value is -1.26. The summed E-state index contributed by atoms with van der Waals surface area (Å²) < 4.78 is 17.6. The summed E-state index contributed by atoms with van der Waals surface area (Å²) in [7, 11) is 0. The highest BCUT2D eigenvalue weighted by Crippen LogP contribution is 2.40. The summed E-state index contributed by atoms with van der Waals surface area (Å²) in [6, 6.07) is 5.98. The average molecular weight is 291 g/mol. The lowest BCUT2D eigenvalue weighted by Gasteiger charge is -2.36. The molecule has 0 spiro atoms. The van der Waals surface area contributed by atoms with E-state index >= 15 is 0 Å². The molecule has 4 heteroatoms. The first-order chi connectivity index (χ1) is 10.0. The van der Waals surface area contributed by atoms with Gasteiger partial charge in [0, 0.05) is 30.7 Å². The number of fused-ring (bicyclic) bond motifs is 1. The van der Waals surface area contributed by atoms with Crippen LogP contribution < -0.4 is 15.2 Å². The highest BCUT2D eigenvalue weighted by molar-refractivity contribution is 5.44. The fourth-order valence-electron chi connectivity index (χ4n) is 3.11. The molecule has 2 aliphatic rings. The summed E-state index contributed by atoms with van der Waals surface area (Å²) >= 11 is 0. The van der Waals surface area contributed by atoms with E-state index in [0.717, 1.165) is 42.9 Å². The summed E-state index contributed by atoms with van der Waals surface area (Å²) in [4.78, 5) is 0. The number of hydrogen-bond donors (Lipinski definition) is 1. The molecule has 2 unspecified atom stereocenters. The first kappa shape index (κ1) is 14.7. The molecule has 2 aliphatic heterocycles. The Kier molecular flexibility index (Phi) is 4.09. The van der Waals surface area contributed by atoms with Crippen LogP contribution in [0.3, 0.4) is 0 Å². The molecule has 0 aromatic heterocycles. The third-order valence-electron chi connectivity index (χ3n) is 4.19. The summed E-state index contributed by atoms with van der Waals surface area (Å²) in [6.45, 7) is 5.59. The van der Waals surface area contributed by atoms with Gasteiger partial charge >= 0.3 is 0 Å². The van der Waals surface area contributed by atoms with Crippen molar-refractivity contribution in [2.75, 3.05) is 13.2 Å². The van der Waals surface area contributed by atoms with Crippen LogP contribution in [0.4, 0.5) is 0 Å². The minimum atomic E-state index is -0.225. The third-order valence-corrected chi connectivity index (χ3v) is 4.19. The standard InChI is InChI=1S/C17H25NO3/c1-17(2)10-15(18)14-7-6-12(9-16(14)21-17)20-11-13-5-3-4-8-19-13/h6-7,9,13,15H,3-5,8,10-11,18H2,1-2H3. The smallest absolute Gasteiger partial charge is 0.128 e. The maximum atomic E-state index is 6.22. The maximum absolute atomic E-state index is 6.22. The van der Waals surface area contributed by atoms with E-state index in [9.17, 15) is 0 Å². The molecule has 1 saturated heterocycles. The average Bonchev–Trinajstić information content (AvgIpc) is 2.44. The van der Waals surface area contributed by atoms with Gasteiger partial charge in [0.05, 0.1) is 6.10 Å². The molecule has 3 rings (SSSR count). The molecule has 1 aromatic rings. The van der Waals surface area contributed by atoms with Crippen molar-refractivity contribution in [2.24, 2.45) is 5.73 Å². The number of benzene rings is 1. The van der Waals surface area contributed by atoms with Crippen molar-refractivity contribution >= 4 is 0 Å². The second-order valence-electron chi connectivity index (χ2n) is 6.67. The fraction of sp³-hybridized carbons (Fsp3) is 0.647. The minimum Gasteiger partial charge on any atom is -0.491 e. The Morgan fingerprint density at radius 1 is 1.33 bits per heavy atom. The zero-order valence-corrected chi connectivity index (χ0v) is 12.9. The van der Waals surface area contributed by atoms with Crippen LogP contribution in [-0.4, -0.2) is 24.9 Å². The Morgan fingerprint density at radius 3 is 2.95 bits per heavy atom. The number of ether oxygens (including phenoxy) is 3. The van der Waals surface area contributed by atoms with Crippen LogP contribution >= 0.6 is 0 Å². The fourth-order valence-corrected chi connectivity index (χ4v) is 3.11. The van der Waals surface area contributed by atoms with Crippen molar-refractivity contribution in [1.29, 1.82) is 0 Å². The topological polar surface area (TPSA) is 53.7 Å². The molecule has 0 aliphatic carbocycles. The predicted octanol–water partition coefficient (Wildman–Crippen LogP) is 3.20. The Labute approximate surface area is 126 Å². The molecule has 0 radical (unpaired) electrons. The molecule has 0 bridgehead atoms. The van der Waals surface area contributed by atoms with Crippen molar-refractivity contribution in [2.45, 2.75) is 57.3 Å². The number of nitrogens with two attached hydrogens (primary N) is 1. The number of hydrogen-bond acceptors (Lipinski definition) is 4. The molecule has 0 saturated carbocycles. The van der Waals surface area contributed by atoms with Gasteiger partial charge in [-0.2, -0.15) is 0 Å². The van der Waals surface area contributed by atoms with Crippen LogP contribution in [0, 0.1) is 0 Å². The summed E-state index contributed by atoms with van der Waals surface area (Å²) in [5, 5.41) is 0. The molecular formula is C17H25NO3. The van der Waals surface area contributed by atoms with Gasteiger partial charge in [0.15, 0.2) is 0 Å². The van der Waals surface area contributed by atoms with Gasteiger partial charge in [-0.15, -0.1) is 0 Å². The molecule has 116 valence electrons. The lowest BCUT2D eigenvalue weighted by molar-refractivity contribution is -0.0112. The van der Waals surface area contributed by atoms with Crippen molar-refractivity contribution in [3.05, 3.63) is 23.8 Å². The van der Waals surface area contributed by atoms with Crippen LogP contribution in [-0.2, 0) is 4.74 Å². The SMILES string of the molecule is CC1(C)CC(N)c2ccc(OCC3CCCCO3)cc2O1. The molecule has 0 amide bonds. The van der Waals surface area contributed by atoms with E-state index < -0.39 is 0 Å². The van der Waals surface area contributed by atoms with E-state index in [1.807, 2.05) is 18.2 Å². The van der Waals surface area contributed by atoms with Crippen LogP contribution in [0.25, 0.3) is 0 Å². The van der Waals surface area contributed by atoms with Gasteiger partial charge in [-0.25, -0.2) is 0 Å². The largest absolute Gasteiger partial charge is 0.491 e. The monoisotopic (exact) mass is 291 g/mol. The lowest BCUT2D eigenvalue weighted by Crippen LogP contribution is -2.37. The third kappa shape index (κ3) is 3.50. The molecule has 1 aromatic carbocycles. The Balaban J connectivity index is 1.67. The Morgan fingerprint density at radius 2 is 2.19 bits per heavy atom. The van der Waals surface area contributed by atoms with E-state index in [0.29, 0.717) is 6.61 Å². The summed E-state index contributed by atoms with van der Waals surface area (Å²) in [5.41, 5.74) is 7.06. The van der Waals surface area contributed by atoms with Crippen LogP contribution in [0.15, 0.2) is 18.2 Å². The quantitative estimate of drug-likeness (QED) is 0.929. The van der Waals surface area contributed by atoms with Crippen LogP contribution in [0.1, 0.15) is 51.1 Å². The maximum Gasteiger partial charge on any atom is 0.128 e. The normalized spacial score (nSPS) is 27.6. The first-order valence-corrected chi connectivity index (χ1v) is 7.86. The summed E-state index contributed by atoms with van der Waals surface area (Å²) in [6.07, 6.45) is 4.52. The van der Waals surface area contributed by atoms with Crippen molar-refractivity contribution in [1.82, 2.24) is 0 Å². The van der Waals surface area contributed by atoms with Crippen molar-refractivity contribution < 1.29 is 14.2 Å². The van der Waals surface area contributed by atoms with Gasteiger partial charge < -0.3 is 19.9 Å². The van der Waals surface area contributed by atoms with Gasteiger partial charge in [0.2, 0.25) is 0 Å².